The van der Waals surface area contributed by atoms with Gasteiger partial charge < -0.3 is 9.64 Å². The quantitative estimate of drug-likeness (QED) is 0.479. The Balaban J connectivity index is 1.15. The lowest BCUT2D eigenvalue weighted by Gasteiger charge is -2.55. The van der Waals surface area contributed by atoms with Crippen LogP contribution in [0.1, 0.15) is 82.6 Å². The zero-order chi connectivity index (χ0) is 23.3. The molecule has 3 nitrogen and oxygen atoms in total. The summed E-state index contributed by atoms with van der Waals surface area (Å²) in [6.45, 7) is 5.20. The molecule has 182 valence electrons. The first-order valence-corrected chi connectivity index (χ1v) is 14.3. The van der Waals surface area contributed by atoms with Gasteiger partial charge in [0, 0.05) is 23.8 Å². The number of hydrogen-bond acceptors (Lipinski definition) is 3. The monoisotopic (exact) mass is 466 g/mol. The summed E-state index contributed by atoms with van der Waals surface area (Å²) < 4.78 is 7.53. The van der Waals surface area contributed by atoms with Gasteiger partial charge in [0.25, 0.3) is 0 Å². The van der Waals surface area contributed by atoms with Crippen molar-refractivity contribution in [2.75, 3.05) is 13.1 Å². The molecule has 4 heterocycles. The standard InChI is InChI=1S/C32H38N2O/c1-30-12-10-26-19-25-6-7-27(34-16-2-3-17-34)20-31(25)13-14-32(26,35-31)29(30)9-8-28(30)23-5-4-22-11-15-33-21-24(22)18-23/h4-5,10-11,15,18-19,21,27-29H,2-3,6-9,12-14,16-17,20H2,1H3/t27?,28-,29-,30?,31-,32-/m1/s1. The summed E-state index contributed by atoms with van der Waals surface area (Å²) in [6, 6.07) is 9.99. The molecule has 0 amide bonds. The Bertz CT molecular complexity index is 1260. The second kappa shape index (κ2) is 7.29. The molecule has 6 aliphatic rings. The van der Waals surface area contributed by atoms with E-state index in [4.69, 9.17) is 4.74 Å². The van der Waals surface area contributed by atoms with Gasteiger partial charge in [-0.05, 0) is 129 Å². The highest BCUT2D eigenvalue weighted by molar-refractivity contribution is 5.82. The van der Waals surface area contributed by atoms with Crippen molar-refractivity contribution >= 4 is 10.8 Å². The molecular weight excluding hydrogens is 428 g/mol. The van der Waals surface area contributed by atoms with Crippen molar-refractivity contribution in [1.29, 1.82) is 0 Å². The molecule has 2 saturated heterocycles. The summed E-state index contributed by atoms with van der Waals surface area (Å²) in [6.07, 6.45) is 22.0. The van der Waals surface area contributed by atoms with Crippen LogP contribution in [0, 0.1) is 11.3 Å². The Hall–Kier alpha value is -1.97. The summed E-state index contributed by atoms with van der Waals surface area (Å²) >= 11 is 0. The number of allylic oxidation sites excluding steroid dienone is 1. The summed E-state index contributed by atoms with van der Waals surface area (Å²) in [5.74, 6) is 1.22. The van der Waals surface area contributed by atoms with Crippen LogP contribution in [0.2, 0.25) is 0 Å². The fourth-order valence-corrected chi connectivity index (χ4v) is 9.67. The van der Waals surface area contributed by atoms with Crippen molar-refractivity contribution in [1.82, 2.24) is 9.88 Å². The molecule has 3 heteroatoms. The van der Waals surface area contributed by atoms with Gasteiger partial charge in [-0.15, -0.1) is 0 Å². The fourth-order valence-electron chi connectivity index (χ4n) is 9.67. The second-order valence-corrected chi connectivity index (χ2v) is 12.8. The van der Waals surface area contributed by atoms with E-state index in [9.17, 15) is 0 Å². The summed E-state index contributed by atoms with van der Waals surface area (Å²) in [4.78, 5) is 7.18. The average molecular weight is 467 g/mol. The Morgan fingerprint density at radius 3 is 2.86 bits per heavy atom. The molecule has 3 aliphatic carbocycles. The summed E-state index contributed by atoms with van der Waals surface area (Å²) in [7, 11) is 0. The number of likely N-dealkylation sites (tertiary alicyclic amines) is 1. The molecule has 2 saturated carbocycles. The molecule has 0 radical (unpaired) electrons. The molecule has 35 heavy (non-hydrogen) atoms. The van der Waals surface area contributed by atoms with E-state index in [-0.39, 0.29) is 16.6 Å². The van der Waals surface area contributed by atoms with E-state index in [1.165, 1.54) is 93.6 Å². The first-order valence-electron chi connectivity index (χ1n) is 14.3. The summed E-state index contributed by atoms with van der Waals surface area (Å²) in [5.41, 5.74) is 4.93. The fraction of sp³-hybridized carbons (Fsp3) is 0.594. The smallest absolute Gasteiger partial charge is 0.0974 e. The van der Waals surface area contributed by atoms with Crippen LogP contribution >= 0.6 is 0 Å². The minimum Gasteiger partial charge on any atom is -0.359 e. The lowest BCUT2D eigenvalue weighted by atomic mass is 9.58. The third-order valence-corrected chi connectivity index (χ3v) is 11.4. The third kappa shape index (κ3) is 2.83. The maximum atomic E-state index is 7.53. The number of fused-ring (bicyclic) bond motifs is 2. The van der Waals surface area contributed by atoms with Gasteiger partial charge in [-0.3, -0.25) is 4.98 Å². The van der Waals surface area contributed by atoms with E-state index in [2.05, 4.69) is 53.2 Å². The molecular formula is C32H38N2O. The minimum absolute atomic E-state index is 0.0216. The van der Waals surface area contributed by atoms with E-state index in [1.807, 2.05) is 12.4 Å². The van der Waals surface area contributed by atoms with E-state index in [1.54, 1.807) is 11.1 Å². The predicted octanol–water partition coefficient (Wildman–Crippen LogP) is 6.94. The van der Waals surface area contributed by atoms with Gasteiger partial charge in [0.2, 0.25) is 0 Å². The van der Waals surface area contributed by atoms with E-state index >= 15 is 0 Å². The van der Waals surface area contributed by atoms with Crippen LogP contribution in [0.25, 0.3) is 10.8 Å². The maximum Gasteiger partial charge on any atom is 0.0974 e. The van der Waals surface area contributed by atoms with Gasteiger partial charge in [-0.25, -0.2) is 0 Å². The summed E-state index contributed by atoms with van der Waals surface area (Å²) in [5, 5.41) is 2.57. The van der Waals surface area contributed by atoms with Crippen molar-refractivity contribution in [3.63, 3.8) is 0 Å². The number of aromatic nitrogens is 1. The highest BCUT2D eigenvalue weighted by Crippen LogP contribution is 2.69. The van der Waals surface area contributed by atoms with Crippen LogP contribution in [0.15, 0.2) is 60.0 Å². The zero-order valence-electron chi connectivity index (χ0n) is 21.1. The molecule has 1 aromatic heterocycles. The van der Waals surface area contributed by atoms with Crippen LogP contribution in [0.3, 0.4) is 0 Å². The predicted molar refractivity (Wildman–Crippen MR) is 140 cm³/mol. The van der Waals surface area contributed by atoms with Gasteiger partial charge in [0.1, 0.15) is 0 Å². The SMILES string of the molecule is CC12CC=C3C=C4CCC(N5CCCC5)C[C@]45CC[C@]3(O5)[C@@H]1CC[C@@H]2c1ccc2ccncc2c1. The van der Waals surface area contributed by atoms with E-state index in [0.29, 0.717) is 11.8 Å². The lowest BCUT2D eigenvalue weighted by Crippen LogP contribution is -2.55. The molecule has 6 atom stereocenters. The van der Waals surface area contributed by atoms with Crippen molar-refractivity contribution in [2.24, 2.45) is 11.3 Å². The normalized spacial score (nSPS) is 42.4. The third-order valence-electron chi connectivity index (χ3n) is 11.4. The zero-order valence-corrected chi connectivity index (χ0v) is 21.1. The molecule has 2 bridgehead atoms. The van der Waals surface area contributed by atoms with Crippen LogP contribution in [0.4, 0.5) is 0 Å². The number of nitrogens with zero attached hydrogens (tertiary/aromatic N) is 2. The molecule has 4 fully saturated rings. The molecule has 2 spiro atoms. The van der Waals surface area contributed by atoms with Crippen LogP contribution in [-0.4, -0.2) is 40.2 Å². The highest BCUT2D eigenvalue weighted by Gasteiger charge is 2.66. The number of ether oxygens (including phenoxy) is 1. The molecule has 3 aliphatic heterocycles. The van der Waals surface area contributed by atoms with Crippen molar-refractivity contribution in [3.05, 3.63) is 65.5 Å². The van der Waals surface area contributed by atoms with Gasteiger partial charge in [0.05, 0.1) is 11.2 Å². The highest BCUT2D eigenvalue weighted by atomic mass is 16.5. The molecule has 2 aromatic rings. The van der Waals surface area contributed by atoms with Crippen molar-refractivity contribution < 1.29 is 4.74 Å². The molecule has 0 N–H and O–H groups in total. The topological polar surface area (TPSA) is 25.4 Å². The number of rotatable bonds is 2. The van der Waals surface area contributed by atoms with Gasteiger partial charge >= 0.3 is 0 Å². The Kier molecular flexibility index (Phi) is 4.41. The van der Waals surface area contributed by atoms with Crippen molar-refractivity contribution in [3.8, 4) is 0 Å². The first-order chi connectivity index (χ1) is 17.1. The van der Waals surface area contributed by atoms with E-state index < -0.39 is 0 Å². The number of benzene rings is 1. The van der Waals surface area contributed by atoms with Crippen molar-refractivity contribution in [2.45, 2.75) is 94.3 Å². The second-order valence-electron chi connectivity index (χ2n) is 12.8. The van der Waals surface area contributed by atoms with Gasteiger partial charge in [-0.1, -0.05) is 31.2 Å². The Labute approximate surface area is 209 Å². The first kappa shape index (κ1) is 21.1. The largest absolute Gasteiger partial charge is 0.359 e. The lowest BCUT2D eigenvalue weighted by molar-refractivity contribution is -0.140. The van der Waals surface area contributed by atoms with Gasteiger partial charge in [-0.2, -0.15) is 0 Å². The van der Waals surface area contributed by atoms with Crippen LogP contribution in [0.5, 0.6) is 0 Å². The van der Waals surface area contributed by atoms with E-state index in [0.717, 1.165) is 6.04 Å². The average Bonchev–Trinajstić information content (AvgIpc) is 3.60. The number of hydrogen-bond donors (Lipinski definition) is 0. The Morgan fingerprint density at radius 1 is 1.03 bits per heavy atom. The number of pyridine rings is 1. The molecule has 1 aromatic carbocycles. The minimum atomic E-state index is -0.0451. The molecule has 2 unspecified atom stereocenters. The Morgan fingerprint density at radius 2 is 1.94 bits per heavy atom. The maximum absolute atomic E-state index is 7.53. The van der Waals surface area contributed by atoms with Crippen LogP contribution in [-0.2, 0) is 4.74 Å². The van der Waals surface area contributed by atoms with Crippen LogP contribution < -0.4 is 0 Å². The van der Waals surface area contributed by atoms with Gasteiger partial charge in [0.15, 0.2) is 0 Å². The molecule has 8 rings (SSSR count).